The zero-order valence-corrected chi connectivity index (χ0v) is 44.7. The molecule has 2 rings (SSSR count). The zero-order valence-electron chi connectivity index (χ0n) is 99.9. The number of carbonyl (C=O) groups excluding carboxylic acids is 4. The second-order valence-corrected chi connectivity index (χ2v) is 20.1. The van der Waals surface area contributed by atoms with Crippen molar-refractivity contribution in [2.45, 2.75) is 170 Å². The molecule has 4 atom stereocenters. The summed E-state index contributed by atoms with van der Waals surface area (Å²) in [4.78, 5) is 50.7. The molecule has 69 heavy (non-hydrogen) atoms. The van der Waals surface area contributed by atoms with Crippen LogP contribution in [0.15, 0.2) is 60.7 Å². The largest absolute Gasteiger partial charge is 1.00 e. The number of benzene rings is 2. The monoisotopic (exact) mass is 1120 g/mol. The first-order valence-corrected chi connectivity index (χ1v) is 24.0. The third kappa shape index (κ3) is 33.4. The molecule has 450 valence electrons. The van der Waals surface area contributed by atoms with Gasteiger partial charge in [-0.3, -0.25) is 0 Å². The fraction of sp³-hybridized carbons (Fsp3) is 0.653. The fourth-order valence-corrected chi connectivity index (χ4v) is 5.61. The number of hydrogen-bond acceptors (Lipinski definition) is 13. The van der Waals surface area contributed by atoms with E-state index in [1.54, 1.807) is 56.3 Å². The van der Waals surface area contributed by atoms with Crippen molar-refractivity contribution in [2.75, 3.05) is 27.3 Å². The van der Waals surface area contributed by atoms with Gasteiger partial charge in [-0.15, -0.1) is 0 Å². The minimum atomic E-state index is -5.83. The Balaban J connectivity index is -0.0000000270. The number of aliphatic hydroxyl groups excluding tert-OH is 1. The van der Waals surface area contributed by atoms with Gasteiger partial charge in [0.25, 0.3) is 0 Å². The average molecular weight is 1120 g/mol. The van der Waals surface area contributed by atoms with Crippen LogP contribution in [0.25, 0.3) is 0 Å². The maximum Gasteiger partial charge on any atom is 1.00 e. The molecular weight excluding hydrogens is 921 g/mol. The van der Waals surface area contributed by atoms with E-state index in [4.69, 9.17) is 102 Å². The number of ether oxygens (including phenoxy) is 5. The molecule has 2 aromatic rings. The van der Waals surface area contributed by atoms with Crippen LogP contribution in [-0.4, -0.2) is 116 Å². The Morgan fingerprint density at radius 3 is 1.36 bits per heavy atom. The number of halogens is 3. The molecule has 0 bridgehead atoms. The van der Waals surface area contributed by atoms with E-state index in [0.29, 0.717) is 17.4 Å². The van der Waals surface area contributed by atoms with Gasteiger partial charge in [-0.05, 0) is 91.2 Å². The van der Waals surface area contributed by atoms with Gasteiger partial charge in [-0.1, -0.05) is 102 Å². The van der Waals surface area contributed by atoms with Crippen molar-refractivity contribution in [3.05, 3.63) is 78.7 Å². The molecule has 1 N–H and O–H groups in total. The van der Waals surface area contributed by atoms with Gasteiger partial charge in [0.1, 0.15) is 24.4 Å². The number of unbranched alkanes of at least 4 members (excludes halogenated alkanes) is 1. The summed E-state index contributed by atoms with van der Waals surface area (Å²) in [7, 11) is -2.46. The van der Waals surface area contributed by atoms with E-state index < -0.39 is 57.1 Å². The summed E-state index contributed by atoms with van der Waals surface area (Å²) in [5, 5.41) is 9.24. The first kappa shape index (κ1) is 33.0. The van der Waals surface area contributed by atoms with Gasteiger partial charge in [0.2, 0.25) is 0 Å². The average Bonchev–Trinajstić information content (AvgIpc) is 0.829. The zero-order chi connectivity index (χ0) is 109. The number of hydrogen-bond donors (Lipinski definition) is 1. The molecule has 0 fully saturated rings. The van der Waals surface area contributed by atoms with Gasteiger partial charge in [0.05, 0.1) is 25.3 Å². The molecule has 0 spiro atoms. The number of amides is 2. The van der Waals surface area contributed by atoms with Crippen LogP contribution in [0.2, 0.25) is 0 Å². The van der Waals surface area contributed by atoms with E-state index in [1.165, 1.54) is 11.3 Å². The first-order valence-electron chi connectivity index (χ1n) is 50.6. The smallest absolute Gasteiger partial charge is 0.459 e. The van der Waals surface area contributed by atoms with Crippen molar-refractivity contribution >= 4 is 34.2 Å². The predicted molar refractivity (Wildman–Crippen MR) is 317 cm³/mol. The summed E-state index contributed by atoms with van der Waals surface area (Å²) in [5.41, 5.74) is -5.12. The van der Waals surface area contributed by atoms with Crippen LogP contribution in [0.1, 0.15) is 211 Å². The molecule has 0 aromatic heterocycles. The van der Waals surface area contributed by atoms with Crippen LogP contribution in [-0.2, 0) is 60.8 Å². The number of likely N-dealkylation sites (N-methyl/N-ethyl adjacent to an activating group) is 2. The van der Waals surface area contributed by atoms with Crippen LogP contribution in [0.4, 0.5) is 22.8 Å². The molecule has 0 unspecified atom stereocenters. The molecule has 2 amide bonds. The van der Waals surface area contributed by atoms with Gasteiger partial charge >= 0.3 is 58.6 Å². The minimum Gasteiger partial charge on any atom is -0.459 e. The van der Waals surface area contributed by atoms with E-state index in [9.17, 15) is 45.9 Å². The maximum absolute atomic E-state index is 12.4. The van der Waals surface area contributed by atoms with Crippen LogP contribution >= 0.6 is 0 Å². The van der Waals surface area contributed by atoms with E-state index in [2.05, 4.69) is 50.5 Å². The van der Waals surface area contributed by atoms with Crippen molar-refractivity contribution < 1.29 is 177 Å². The molecule has 0 aliphatic rings. The molecule has 0 heterocycles. The molecule has 0 saturated carbocycles. The Morgan fingerprint density at radius 1 is 0.696 bits per heavy atom. The third-order valence-corrected chi connectivity index (χ3v) is 9.82. The Hall–Kier alpha value is -3.86. The van der Waals surface area contributed by atoms with E-state index in [-0.39, 0.29) is 64.9 Å². The Kier molecular flexibility index (Phi) is 16.5. The molecule has 2 aromatic carbocycles. The second-order valence-electron chi connectivity index (χ2n) is 18.6. The quantitative estimate of drug-likeness (QED) is 0.0350. The standard InChI is InChI=1S/C22H35NO5.C12H25NO3.C11H11F3O5S.C4H9.Li.29H2/c1-16(2)13-19(23(7)21(25)28-22(4,5)6)15-26-17(3)20(24)27-14-18-11-9-8-10-12-18;1-9(2)7-10(8-14)13(6)11(15)16-12(3,4)5;1-8(19-20(16,17)11(12,13)14)10(15)18-7-9-5-3-2-4-6-9;1-3-4-2;;;;;;;;;;;;;;;;;;;;;;;;;;;;;;/h8-12,16-17,19H,13-15H2,1-7H3;9-10,14H,7-8H2,1-6H3;2-6,8H,7H2,1H3;1,3-4H2,2H3;;29*1H/q;;;-1;+1;;;;;;;;;;;;;;;;;;;;;;;;;;;;;/t17-,19+;10-;8-;;;;;;;;;;;;;;;;;;;;;;;;;;;;;;;/m100.............................../s1/i;;;;;28*1+1D;1+1. The summed E-state index contributed by atoms with van der Waals surface area (Å²) >= 11 is 0. The van der Waals surface area contributed by atoms with Gasteiger partial charge in [-0.2, -0.15) is 28.0 Å². The first-order chi connectivity index (χ1) is 59.2. The SMILES string of the molecule is CC(C)C[C@@H](CO)N(C)C(=O)OC(C)(C)C.CC(C)C[C@@H](CO[C@H](C)C(=O)OCc1ccccc1)N(C)C(=O)OC(C)(C)C.C[C@H](OS(=O)(=O)C(F)(F)F)C(=O)OCc1ccccc1.[2HH].[2H][2H].[2H][2H].[2H][2H].[2H][2H].[2H][2H].[2H][2H].[2H][2H].[2H][2H].[2H][2H].[2H][2H].[2H][2H].[2H][2H].[2H][2H].[2H][2H].[2H][2H].[2H][2H].[2H][2H].[2H][2H].[2H][2H].[2H][2H].[2H][2H].[2H][2H].[2H][2H].[2H][2H].[2H][2H].[2H][2H].[2H][2H].[2H][2H].[CH2-]CCC.[Li+]. The van der Waals surface area contributed by atoms with Crippen LogP contribution in [0.5, 0.6) is 0 Å². The van der Waals surface area contributed by atoms with Crippen molar-refractivity contribution in [1.29, 1.82) is 0 Å². The van der Waals surface area contributed by atoms with E-state index >= 15 is 0 Å². The topological polar surface area (TPSA) is 185 Å². The molecule has 0 aliphatic heterocycles. The Bertz CT molecular complexity index is 1950. The third-order valence-electron chi connectivity index (χ3n) is 8.71. The van der Waals surface area contributed by atoms with Crippen LogP contribution < -0.4 is 18.9 Å². The summed E-state index contributed by atoms with van der Waals surface area (Å²) in [5.74, 6) is -0.838. The maximum atomic E-state index is 12.4. The minimum absolute atomic E-state index is 0. The van der Waals surface area contributed by atoms with Crippen molar-refractivity contribution in [2.24, 2.45) is 11.8 Å². The molecule has 15 nitrogen and oxygen atoms in total. The van der Waals surface area contributed by atoms with Crippen molar-refractivity contribution in [3.63, 3.8) is 0 Å². The number of aliphatic hydroxyl groups is 1. The van der Waals surface area contributed by atoms with Crippen LogP contribution in [0, 0.1) is 18.8 Å². The number of esters is 2. The number of alkyl halides is 3. The second kappa shape index (κ2) is 34.5. The summed E-state index contributed by atoms with van der Waals surface area (Å²) in [6.45, 7) is 27.7. The molecule has 0 saturated heterocycles. The normalized spacial score (nSPS) is 16.4. The van der Waals surface area contributed by atoms with Gasteiger partial charge < -0.3 is 45.5 Å². The number of carbonyl (C=O) groups is 4. The molecular formula is C49H138F3LiN2O13S. The summed E-state index contributed by atoms with van der Waals surface area (Å²) < 4.78 is 368. The molecule has 0 aliphatic carbocycles. The summed E-state index contributed by atoms with van der Waals surface area (Å²) in [6.07, 6.45) is 0.400. The van der Waals surface area contributed by atoms with Gasteiger partial charge in [0, 0.05) is 98.7 Å². The van der Waals surface area contributed by atoms with Crippen LogP contribution in [0.3, 0.4) is 0 Å². The van der Waals surface area contributed by atoms with Crippen molar-refractivity contribution in [1.82, 2.24) is 9.80 Å². The Morgan fingerprint density at radius 2 is 1.04 bits per heavy atom. The van der Waals surface area contributed by atoms with Gasteiger partial charge in [-0.25, -0.2) is 23.4 Å². The predicted octanol–water partition coefficient (Wildman–Crippen LogP) is 14.4. The Labute approximate surface area is 510 Å². The van der Waals surface area contributed by atoms with E-state index in [0.717, 1.165) is 31.7 Å². The van der Waals surface area contributed by atoms with Gasteiger partial charge in [0.15, 0.2) is 12.2 Å². The summed E-state index contributed by atoms with van der Waals surface area (Å²) in [6, 6.07) is 17.5. The fourth-order valence-electron chi connectivity index (χ4n) is 5.05. The van der Waals surface area contributed by atoms with E-state index in [1.807, 2.05) is 71.9 Å². The molecule has 20 heteroatoms. The van der Waals surface area contributed by atoms with Crippen molar-refractivity contribution in [3.8, 4) is 0 Å². The number of rotatable bonds is 19. The molecule has 0 radical (unpaired) electrons. The number of nitrogens with zero attached hydrogens (tertiary/aromatic N) is 2.